The maximum atomic E-state index is 13.4. The van der Waals surface area contributed by atoms with Crippen LogP contribution in [0.5, 0.6) is 0 Å². The average Bonchev–Trinajstić information content (AvgIpc) is 2.94. The Bertz CT molecular complexity index is 1220. The smallest absolute Gasteiger partial charge is 0.305 e. The lowest BCUT2D eigenvalue weighted by molar-refractivity contribution is -0.141. The van der Waals surface area contributed by atoms with Gasteiger partial charge in [-0.25, -0.2) is 0 Å². The molecule has 0 spiro atoms. The van der Waals surface area contributed by atoms with Crippen LogP contribution in [-0.4, -0.2) is 94.9 Å². The van der Waals surface area contributed by atoms with Crippen molar-refractivity contribution in [2.75, 3.05) is 13.1 Å². The number of carboxylic acids is 2. The number of carbonyl (C=O) groups is 7. The topological polar surface area (TPSA) is 284 Å². The Kier molecular flexibility index (Phi) is 13.4. The minimum absolute atomic E-state index is 0.00607. The Balaban J connectivity index is 2.46. The number of hydrogen-bond acceptors (Lipinski definition) is 8. The lowest BCUT2D eigenvalue weighted by atomic mass is 10.0. The van der Waals surface area contributed by atoms with Gasteiger partial charge in [-0.2, -0.15) is 0 Å². The van der Waals surface area contributed by atoms with E-state index in [1.54, 1.807) is 30.3 Å². The van der Waals surface area contributed by atoms with Gasteiger partial charge in [-0.05, 0) is 24.8 Å². The molecular weight excluding hydrogens is 568 g/mol. The third kappa shape index (κ3) is 12.4. The van der Waals surface area contributed by atoms with Crippen LogP contribution in [-0.2, 0) is 40.0 Å². The van der Waals surface area contributed by atoms with Gasteiger partial charge in [0.05, 0.1) is 13.0 Å². The number of guanidine groups is 1. The zero-order chi connectivity index (χ0) is 31.9. The molecular formula is C26H36N8O9. The maximum absolute atomic E-state index is 13.4. The van der Waals surface area contributed by atoms with E-state index < -0.39 is 85.0 Å². The highest BCUT2D eigenvalue weighted by Gasteiger charge is 2.33. The second-order valence-corrected chi connectivity index (χ2v) is 9.69. The Morgan fingerprint density at radius 1 is 0.767 bits per heavy atom. The predicted molar refractivity (Wildman–Crippen MR) is 150 cm³/mol. The van der Waals surface area contributed by atoms with E-state index in [2.05, 4.69) is 31.6 Å². The van der Waals surface area contributed by atoms with E-state index in [1.165, 1.54) is 0 Å². The van der Waals surface area contributed by atoms with E-state index >= 15 is 0 Å². The van der Waals surface area contributed by atoms with Gasteiger partial charge in [0.1, 0.15) is 24.2 Å². The summed E-state index contributed by atoms with van der Waals surface area (Å²) in [5.74, 6) is -7.34. The van der Waals surface area contributed by atoms with Crippen LogP contribution in [0.15, 0.2) is 35.3 Å². The number of rotatable bonds is 11. The first kappa shape index (κ1) is 34.0. The zero-order valence-corrected chi connectivity index (χ0v) is 23.2. The first-order chi connectivity index (χ1) is 20.3. The number of carbonyl (C=O) groups excluding carboxylic acids is 5. The van der Waals surface area contributed by atoms with E-state index in [9.17, 15) is 43.8 Å². The SMILES string of the molecule is NC(N)=NCCC[C@@H]1NC(=O)[C@H](CCC(=O)O)NC(=O)[C@@H](Cc2ccccc2)NC(=O)[C@H](CC(=O)O)NC(=O)CNC1=O. The van der Waals surface area contributed by atoms with Gasteiger partial charge in [-0.15, -0.1) is 0 Å². The van der Waals surface area contributed by atoms with Crippen molar-refractivity contribution in [3.8, 4) is 0 Å². The van der Waals surface area contributed by atoms with Crippen molar-refractivity contribution in [3.63, 3.8) is 0 Å². The van der Waals surface area contributed by atoms with Crippen LogP contribution in [0.4, 0.5) is 0 Å². The van der Waals surface area contributed by atoms with Crippen LogP contribution in [0.1, 0.15) is 37.7 Å². The fourth-order valence-electron chi connectivity index (χ4n) is 4.10. The standard InChI is InChI=1S/C26H36N8O9/c27-26(28)29-10-4-7-15-22(40)30-13-19(35)31-18(12-21(38)39)25(43)34-17(11-14-5-2-1-3-6-14)24(42)33-16(23(41)32-15)8-9-20(36)37/h1-3,5-6,15-18H,4,7-13H2,(H,30,40)(H,31,35)(H,32,41)(H,33,42)(H,34,43)(H,36,37)(H,38,39)(H4,27,28,29)/t15-,16-,17+,18-/m0/s1. The molecule has 17 nitrogen and oxygen atoms in total. The Hall–Kier alpha value is -5.22. The molecule has 1 heterocycles. The number of benzene rings is 1. The van der Waals surface area contributed by atoms with Crippen molar-refractivity contribution in [1.29, 1.82) is 0 Å². The van der Waals surface area contributed by atoms with Crippen LogP contribution in [0, 0.1) is 0 Å². The van der Waals surface area contributed by atoms with Crippen molar-refractivity contribution in [3.05, 3.63) is 35.9 Å². The summed E-state index contributed by atoms with van der Waals surface area (Å²) in [4.78, 5) is 91.9. The fourth-order valence-corrected chi connectivity index (χ4v) is 4.10. The van der Waals surface area contributed by atoms with Crippen molar-refractivity contribution in [2.24, 2.45) is 16.5 Å². The molecule has 1 aliphatic heterocycles. The van der Waals surface area contributed by atoms with E-state index in [4.69, 9.17) is 11.5 Å². The highest BCUT2D eigenvalue weighted by atomic mass is 16.4. The van der Waals surface area contributed by atoms with Crippen LogP contribution >= 0.6 is 0 Å². The van der Waals surface area contributed by atoms with Gasteiger partial charge in [0, 0.05) is 19.4 Å². The largest absolute Gasteiger partial charge is 0.481 e. The Morgan fingerprint density at radius 2 is 1.35 bits per heavy atom. The molecule has 1 saturated heterocycles. The molecule has 0 aromatic heterocycles. The summed E-state index contributed by atoms with van der Waals surface area (Å²) in [6.45, 7) is -0.566. The summed E-state index contributed by atoms with van der Waals surface area (Å²) in [7, 11) is 0. The number of amides is 5. The number of aliphatic imine (C=N–C) groups is 1. The van der Waals surface area contributed by atoms with Gasteiger partial charge in [0.25, 0.3) is 0 Å². The first-order valence-corrected chi connectivity index (χ1v) is 13.4. The third-order valence-electron chi connectivity index (χ3n) is 6.23. The van der Waals surface area contributed by atoms with Crippen LogP contribution < -0.4 is 38.1 Å². The quantitative estimate of drug-likeness (QED) is 0.0684. The Labute approximate surface area is 246 Å². The number of nitrogens with one attached hydrogen (secondary N) is 5. The summed E-state index contributed by atoms with van der Waals surface area (Å²) < 4.78 is 0. The molecule has 0 saturated carbocycles. The lowest BCUT2D eigenvalue weighted by Gasteiger charge is -2.25. The molecule has 0 radical (unpaired) electrons. The van der Waals surface area contributed by atoms with E-state index in [-0.39, 0.29) is 38.2 Å². The molecule has 1 aromatic rings. The highest BCUT2D eigenvalue weighted by Crippen LogP contribution is 2.08. The molecule has 1 aromatic carbocycles. The lowest BCUT2D eigenvalue weighted by Crippen LogP contribution is -2.58. The van der Waals surface area contributed by atoms with Gasteiger partial charge < -0.3 is 48.3 Å². The fraction of sp³-hybridized carbons (Fsp3) is 0.462. The minimum atomic E-state index is -1.61. The normalized spacial score (nSPS) is 21.9. The van der Waals surface area contributed by atoms with E-state index in [0.717, 1.165) is 0 Å². The maximum Gasteiger partial charge on any atom is 0.305 e. The summed E-state index contributed by atoms with van der Waals surface area (Å²) in [6, 6.07) is 2.79. The van der Waals surface area contributed by atoms with Crippen molar-refractivity contribution >= 4 is 47.4 Å². The van der Waals surface area contributed by atoms with Gasteiger partial charge >= 0.3 is 11.9 Å². The van der Waals surface area contributed by atoms with Crippen LogP contribution in [0.25, 0.3) is 0 Å². The average molecular weight is 605 g/mol. The van der Waals surface area contributed by atoms with E-state index in [0.29, 0.717) is 5.56 Å². The highest BCUT2D eigenvalue weighted by molar-refractivity contribution is 5.98. The minimum Gasteiger partial charge on any atom is -0.481 e. The molecule has 1 fully saturated rings. The predicted octanol–water partition coefficient (Wildman–Crippen LogP) is -3.31. The molecule has 1 aliphatic rings. The molecule has 43 heavy (non-hydrogen) atoms. The van der Waals surface area contributed by atoms with Crippen LogP contribution in [0.2, 0.25) is 0 Å². The molecule has 4 atom stereocenters. The summed E-state index contributed by atoms with van der Waals surface area (Å²) in [6.07, 6.45) is -1.59. The van der Waals surface area contributed by atoms with E-state index in [1.807, 2.05) is 0 Å². The van der Waals surface area contributed by atoms with Crippen molar-refractivity contribution in [2.45, 2.75) is 62.7 Å². The molecule has 234 valence electrons. The van der Waals surface area contributed by atoms with Gasteiger partial charge in [-0.1, -0.05) is 30.3 Å². The Morgan fingerprint density at radius 3 is 1.95 bits per heavy atom. The molecule has 11 N–H and O–H groups in total. The monoisotopic (exact) mass is 604 g/mol. The van der Waals surface area contributed by atoms with Crippen LogP contribution in [0.3, 0.4) is 0 Å². The summed E-state index contributed by atoms with van der Waals surface area (Å²) in [5.41, 5.74) is 11.2. The first-order valence-electron chi connectivity index (χ1n) is 13.4. The van der Waals surface area contributed by atoms with Gasteiger partial charge in [0.2, 0.25) is 29.5 Å². The van der Waals surface area contributed by atoms with Crippen molar-refractivity contribution < 1.29 is 43.8 Å². The summed E-state index contributed by atoms with van der Waals surface area (Å²) in [5, 5.41) is 30.4. The molecule has 0 unspecified atom stereocenters. The second-order valence-electron chi connectivity index (χ2n) is 9.69. The number of aliphatic carboxylic acids is 2. The number of nitrogens with two attached hydrogens (primary N) is 2. The van der Waals surface area contributed by atoms with Crippen molar-refractivity contribution in [1.82, 2.24) is 26.6 Å². The summed E-state index contributed by atoms with van der Waals surface area (Å²) >= 11 is 0. The molecule has 0 bridgehead atoms. The molecule has 17 heteroatoms. The molecule has 2 rings (SSSR count). The number of carboxylic acid groups (broad SMARTS) is 2. The van der Waals surface area contributed by atoms with Gasteiger partial charge in [-0.3, -0.25) is 38.6 Å². The number of nitrogens with zero attached hydrogens (tertiary/aromatic N) is 1. The molecule has 0 aliphatic carbocycles. The third-order valence-corrected chi connectivity index (χ3v) is 6.23. The zero-order valence-electron chi connectivity index (χ0n) is 23.2. The van der Waals surface area contributed by atoms with Gasteiger partial charge in [0.15, 0.2) is 5.96 Å². The molecule has 5 amide bonds. The number of hydrogen-bond donors (Lipinski definition) is 9. The second kappa shape index (κ2) is 16.9.